The van der Waals surface area contributed by atoms with E-state index in [0.29, 0.717) is 0 Å². The topological polar surface area (TPSA) is 26.3 Å². The molecule has 0 saturated heterocycles. The third-order valence-electron chi connectivity index (χ3n) is 10.4. The number of ether oxygens (including phenoxy) is 1. The Bertz CT molecular complexity index is 1160. The molecule has 3 aliphatic rings. The summed E-state index contributed by atoms with van der Waals surface area (Å²) in [5.74, 6) is 2.16. The molecule has 5 atom stereocenters. The van der Waals surface area contributed by atoms with Crippen molar-refractivity contribution in [2.24, 2.45) is 23.2 Å². The molecule has 1 aromatic heterocycles. The summed E-state index contributed by atoms with van der Waals surface area (Å²) in [7, 11) is 3.93. The summed E-state index contributed by atoms with van der Waals surface area (Å²) < 4.78 is 8.86. The van der Waals surface area contributed by atoms with Crippen LogP contribution >= 0.6 is 20.7 Å². The van der Waals surface area contributed by atoms with Crippen LogP contribution in [0.15, 0.2) is 6.08 Å². The zero-order chi connectivity index (χ0) is 25.3. The molecule has 1 fully saturated rings. The lowest BCUT2D eigenvalue weighted by molar-refractivity contribution is -0.150. The first-order chi connectivity index (χ1) is 16.4. The Morgan fingerprint density at radius 1 is 1.06 bits per heavy atom. The third-order valence-corrected chi connectivity index (χ3v) is 13.0. The second kappa shape index (κ2) is 8.72. The number of hydrogen-bond acceptors (Lipinski definition) is 4. The van der Waals surface area contributed by atoms with E-state index in [-0.39, 0.29) is 28.3 Å². The van der Waals surface area contributed by atoms with Gasteiger partial charge in [-0.3, -0.25) is 4.79 Å². The summed E-state index contributed by atoms with van der Waals surface area (Å²) in [6.45, 7) is 18.5. The normalized spacial score (nSPS) is 31.9. The molecule has 0 spiro atoms. The maximum Gasteiger partial charge on any atom is 0.302 e. The summed E-state index contributed by atoms with van der Waals surface area (Å²) in [6, 6.07) is 0. The highest BCUT2D eigenvalue weighted by Gasteiger charge is 2.58. The first-order valence-corrected chi connectivity index (χ1v) is 16.0. The zero-order valence-corrected chi connectivity index (χ0v) is 24.7. The van der Waals surface area contributed by atoms with E-state index in [9.17, 15) is 4.79 Å². The molecule has 192 valence electrons. The standard InChI is InChI=1S/C31H44O2S2/c1-18(2)10-9-11-19(3)23-15-17-31(8)26-22(14-16-30(23,31)7)21-12-13-24(33-20(4)32)29(5,6)25(21)27-28(26)35-34-27/h14,16,18-19,23-24H,9-13,15,17H2,1-8H3. The number of fused-ring (bicyclic) bond motifs is 8. The van der Waals surface area contributed by atoms with E-state index in [4.69, 9.17) is 4.74 Å². The lowest BCUT2D eigenvalue weighted by Gasteiger charge is -2.50. The van der Waals surface area contributed by atoms with Gasteiger partial charge >= 0.3 is 5.97 Å². The minimum Gasteiger partial charge on any atom is -0.462 e. The number of esters is 1. The average Bonchev–Trinajstić information content (AvgIpc) is 3.02. The molecule has 5 unspecified atom stereocenters. The second-order valence-electron chi connectivity index (χ2n) is 13.2. The average molecular weight is 513 g/mol. The predicted molar refractivity (Wildman–Crippen MR) is 152 cm³/mol. The summed E-state index contributed by atoms with van der Waals surface area (Å²) >= 11 is 0. The van der Waals surface area contributed by atoms with Gasteiger partial charge in [-0.1, -0.05) is 101 Å². The van der Waals surface area contributed by atoms with Crippen molar-refractivity contribution in [1.82, 2.24) is 0 Å². The smallest absolute Gasteiger partial charge is 0.302 e. The second-order valence-corrected chi connectivity index (χ2v) is 15.4. The number of hydrogen-bond donors (Lipinski definition) is 0. The Kier molecular flexibility index (Phi) is 6.36. The van der Waals surface area contributed by atoms with Gasteiger partial charge in [0.05, 0.1) is 9.40 Å². The van der Waals surface area contributed by atoms with E-state index in [1.54, 1.807) is 12.5 Å². The lowest BCUT2D eigenvalue weighted by atomic mass is 9.55. The monoisotopic (exact) mass is 512 g/mol. The Labute approximate surface area is 219 Å². The minimum atomic E-state index is -0.162. The van der Waals surface area contributed by atoms with Crippen molar-refractivity contribution in [1.29, 1.82) is 0 Å². The van der Waals surface area contributed by atoms with Crippen molar-refractivity contribution in [3.8, 4) is 0 Å². The number of carbonyl (C=O) groups excluding carboxylic acids is 1. The van der Waals surface area contributed by atoms with Crippen LogP contribution in [0.2, 0.25) is 0 Å². The predicted octanol–water partition coefficient (Wildman–Crippen LogP) is 9.28. The first-order valence-electron chi connectivity index (χ1n) is 13.9. The van der Waals surface area contributed by atoms with Crippen LogP contribution < -0.4 is 0 Å². The fraction of sp³-hybridized carbons (Fsp3) is 0.710. The van der Waals surface area contributed by atoms with Gasteiger partial charge in [0, 0.05) is 17.8 Å². The molecule has 2 aromatic rings. The fourth-order valence-electron chi connectivity index (χ4n) is 8.16. The molecule has 1 aromatic carbocycles. The minimum absolute atomic E-state index is 0.0446. The molecule has 0 amide bonds. The number of rotatable bonds is 6. The number of benzene rings is 1. The van der Waals surface area contributed by atoms with Crippen LogP contribution in [0.3, 0.4) is 0 Å². The van der Waals surface area contributed by atoms with Gasteiger partial charge in [0.15, 0.2) is 0 Å². The van der Waals surface area contributed by atoms with Gasteiger partial charge in [0.2, 0.25) is 0 Å². The molecular weight excluding hydrogens is 468 g/mol. The molecular formula is C31H44O2S2. The van der Waals surface area contributed by atoms with E-state index in [2.05, 4.69) is 60.6 Å². The summed E-state index contributed by atoms with van der Waals surface area (Å²) in [6.07, 6.45) is 13.7. The van der Waals surface area contributed by atoms with Crippen molar-refractivity contribution in [3.63, 3.8) is 0 Å². The van der Waals surface area contributed by atoms with Crippen molar-refractivity contribution in [2.75, 3.05) is 0 Å². The molecule has 3 aliphatic carbocycles. The molecule has 4 heteroatoms. The van der Waals surface area contributed by atoms with Gasteiger partial charge in [0.25, 0.3) is 0 Å². The van der Waals surface area contributed by atoms with Crippen LogP contribution in [0.1, 0.15) is 116 Å². The Morgan fingerprint density at radius 2 is 1.74 bits per heavy atom. The Hall–Kier alpha value is -1.13. The molecule has 5 rings (SSSR count). The zero-order valence-electron chi connectivity index (χ0n) is 23.0. The van der Waals surface area contributed by atoms with Crippen molar-refractivity contribution >= 4 is 42.1 Å². The maximum absolute atomic E-state index is 11.9. The van der Waals surface area contributed by atoms with E-state index in [1.807, 2.05) is 20.7 Å². The van der Waals surface area contributed by atoms with E-state index in [1.165, 1.54) is 58.2 Å². The van der Waals surface area contributed by atoms with Gasteiger partial charge < -0.3 is 4.74 Å². The molecule has 1 saturated carbocycles. The van der Waals surface area contributed by atoms with E-state index in [0.717, 1.165) is 30.6 Å². The maximum atomic E-state index is 11.9. The summed E-state index contributed by atoms with van der Waals surface area (Å²) in [5, 5.41) is 0. The third kappa shape index (κ3) is 3.71. The molecule has 0 aliphatic heterocycles. The van der Waals surface area contributed by atoms with E-state index < -0.39 is 0 Å². The Balaban J connectivity index is 1.56. The van der Waals surface area contributed by atoms with E-state index >= 15 is 0 Å². The largest absolute Gasteiger partial charge is 0.462 e. The molecule has 0 N–H and O–H groups in total. The van der Waals surface area contributed by atoms with Gasteiger partial charge in [-0.25, -0.2) is 0 Å². The van der Waals surface area contributed by atoms with Crippen molar-refractivity contribution < 1.29 is 9.53 Å². The van der Waals surface area contributed by atoms with Crippen LogP contribution in [-0.2, 0) is 26.8 Å². The van der Waals surface area contributed by atoms with Crippen LogP contribution in [0, 0.1) is 23.2 Å². The van der Waals surface area contributed by atoms with Crippen LogP contribution in [0.5, 0.6) is 0 Å². The number of carbonyl (C=O) groups is 1. The number of allylic oxidation sites excluding steroid dienone is 1. The highest BCUT2D eigenvalue weighted by Crippen LogP contribution is 2.66. The van der Waals surface area contributed by atoms with Crippen molar-refractivity contribution in [2.45, 2.75) is 117 Å². The van der Waals surface area contributed by atoms with Crippen LogP contribution in [0.25, 0.3) is 15.5 Å². The molecule has 1 heterocycles. The quantitative estimate of drug-likeness (QED) is 0.285. The SMILES string of the molecule is CC(=O)OC1CCc2c3c(c4ssc4c2C1(C)C)C1(C)CCC(C(C)CCCC(C)C)C1(C)C=C3. The summed E-state index contributed by atoms with van der Waals surface area (Å²) in [4.78, 5) is 11.9. The van der Waals surface area contributed by atoms with Gasteiger partial charge in [-0.15, -0.1) is 0 Å². The molecule has 0 bridgehead atoms. The molecule has 2 nitrogen and oxygen atoms in total. The lowest BCUT2D eigenvalue weighted by Crippen LogP contribution is -2.45. The highest BCUT2D eigenvalue weighted by molar-refractivity contribution is 7.78. The van der Waals surface area contributed by atoms with Gasteiger partial charge in [-0.05, 0) is 71.1 Å². The first kappa shape index (κ1) is 25.5. The van der Waals surface area contributed by atoms with Crippen molar-refractivity contribution in [3.05, 3.63) is 28.3 Å². The Morgan fingerprint density at radius 3 is 2.37 bits per heavy atom. The highest BCUT2D eigenvalue weighted by atomic mass is 32.9. The summed E-state index contributed by atoms with van der Waals surface area (Å²) in [5.41, 5.74) is 6.40. The van der Waals surface area contributed by atoms with Gasteiger partial charge in [-0.2, -0.15) is 0 Å². The van der Waals surface area contributed by atoms with Crippen LogP contribution in [0.4, 0.5) is 0 Å². The molecule has 35 heavy (non-hydrogen) atoms. The van der Waals surface area contributed by atoms with Crippen LogP contribution in [-0.4, -0.2) is 12.1 Å². The van der Waals surface area contributed by atoms with Gasteiger partial charge in [0.1, 0.15) is 6.10 Å². The molecule has 0 radical (unpaired) electrons. The fourth-order valence-corrected chi connectivity index (χ4v) is 10.8.